The third-order valence-electron chi connectivity index (χ3n) is 2.29. The average Bonchev–Trinajstić information content (AvgIpc) is 2.12. The van der Waals surface area contributed by atoms with Crippen molar-refractivity contribution in [1.82, 2.24) is 4.90 Å². The Morgan fingerprint density at radius 2 is 1.73 bits per heavy atom. The standard InChI is InChI=1S/C8H17NO3.C2H6O/c1-5-4-6(9(2)3)7(10)8(11)12-5;1-3-2/h5-8,10-11H,4H2,1-3H3;1-2H3. The second-order valence-corrected chi connectivity index (χ2v) is 4.00. The Hall–Kier alpha value is -0.200. The number of rotatable bonds is 1. The second kappa shape index (κ2) is 7.14. The maximum atomic E-state index is 9.51. The Labute approximate surface area is 91.6 Å². The SMILES string of the molecule is CC1CC(N(C)C)C(O)C(O)O1.COC. The van der Waals surface area contributed by atoms with Gasteiger partial charge in [0.1, 0.15) is 6.10 Å². The maximum Gasteiger partial charge on any atom is 0.182 e. The molecule has 0 saturated carbocycles. The van der Waals surface area contributed by atoms with Crippen molar-refractivity contribution in [1.29, 1.82) is 0 Å². The molecule has 15 heavy (non-hydrogen) atoms. The first-order valence-electron chi connectivity index (χ1n) is 5.02. The van der Waals surface area contributed by atoms with E-state index in [-0.39, 0.29) is 12.1 Å². The lowest BCUT2D eigenvalue weighted by atomic mass is 9.99. The van der Waals surface area contributed by atoms with Gasteiger partial charge in [0, 0.05) is 20.3 Å². The summed E-state index contributed by atoms with van der Waals surface area (Å²) in [4.78, 5) is 1.91. The highest BCUT2D eigenvalue weighted by molar-refractivity contribution is 4.84. The van der Waals surface area contributed by atoms with E-state index >= 15 is 0 Å². The van der Waals surface area contributed by atoms with Gasteiger partial charge in [0.05, 0.1) is 6.10 Å². The van der Waals surface area contributed by atoms with Crippen LogP contribution in [0.5, 0.6) is 0 Å². The highest BCUT2D eigenvalue weighted by Crippen LogP contribution is 2.21. The first-order chi connectivity index (χ1) is 6.93. The van der Waals surface area contributed by atoms with Crippen LogP contribution in [0.1, 0.15) is 13.3 Å². The fourth-order valence-electron chi connectivity index (χ4n) is 1.56. The zero-order valence-corrected chi connectivity index (χ0v) is 10.2. The molecule has 0 radical (unpaired) electrons. The van der Waals surface area contributed by atoms with Gasteiger partial charge in [-0.15, -0.1) is 0 Å². The second-order valence-electron chi connectivity index (χ2n) is 4.00. The largest absolute Gasteiger partial charge is 0.388 e. The van der Waals surface area contributed by atoms with Crippen molar-refractivity contribution >= 4 is 0 Å². The van der Waals surface area contributed by atoms with Gasteiger partial charge in [0.25, 0.3) is 0 Å². The fourth-order valence-corrected chi connectivity index (χ4v) is 1.56. The Kier molecular flexibility index (Phi) is 7.04. The molecule has 1 fully saturated rings. The Morgan fingerprint density at radius 1 is 1.27 bits per heavy atom. The first kappa shape index (κ1) is 14.8. The van der Waals surface area contributed by atoms with E-state index in [0.29, 0.717) is 0 Å². The average molecular weight is 221 g/mol. The molecule has 0 spiro atoms. The van der Waals surface area contributed by atoms with Crippen LogP contribution in [-0.2, 0) is 9.47 Å². The van der Waals surface area contributed by atoms with Crippen molar-refractivity contribution in [2.45, 2.75) is 37.9 Å². The van der Waals surface area contributed by atoms with Crippen molar-refractivity contribution in [3.8, 4) is 0 Å². The summed E-state index contributed by atoms with van der Waals surface area (Å²) in [5, 5.41) is 18.8. The van der Waals surface area contributed by atoms with Crippen LogP contribution in [-0.4, -0.2) is 68.0 Å². The van der Waals surface area contributed by atoms with E-state index in [9.17, 15) is 10.2 Å². The van der Waals surface area contributed by atoms with Crippen LogP contribution in [0.4, 0.5) is 0 Å². The number of aliphatic hydroxyl groups excluding tert-OH is 2. The molecule has 4 unspecified atom stereocenters. The molecule has 1 saturated heterocycles. The minimum Gasteiger partial charge on any atom is -0.388 e. The van der Waals surface area contributed by atoms with Crippen LogP contribution in [0.2, 0.25) is 0 Å². The van der Waals surface area contributed by atoms with E-state index in [1.165, 1.54) is 0 Å². The summed E-state index contributed by atoms with van der Waals surface area (Å²) in [5.41, 5.74) is 0. The van der Waals surface area contributed by atoms with Crippen LogP contribution in [0.25, 0.3) is 0 Å². The van der Waals surface area contributed by atoms with E-state index in [1.807, 2.05) is 25.9 Å². The van der Waals surface area contributed by atoms with Crippen LogP contribution in [0, 0.1) is 0 Å². The third-order valence-corrected chi connectivity index (χ3v) is 2.29. The van der Waals surface area contributed by atoms with Crippen LogP contribution in [0.3, 0.4) is 0 Å². The molecular weight excluding hydrogens is 198 g/mol. The lowest BCUT2D eigenvalue weighted by Crippen LogP contribution is -2.53. The van der Waals surface area contributed by atoms with Crippen molar-refractivity contribution in [2.75, 3.05) is 28.3 Å². The van der Waals surface area contributed by atoms with Gasteiger partial charge in [-0.25, -0.2) is 0 Å². The van der Waals surface area contributed by atoms with E-state index in [4.69, 9.17) is 4.74 Å². The zero-order valence-electron chi connectivity index (χ0n) is 10.2. The predicted molar refractivity (Wildman–Crippen MR) is 57.6 cm³/mol. The molecular formula is C10H23NO4. The van der Waals surface area contributed by atoms with E-state index in [0.717, 1.165) is 6.42 Å². The van der Waals surface area contributed by atoms with Gasteiger partial charge in [0.15, 0.2) is 6.29 Å². The summed E-state index contributed by atoms with van der Waals surface area (Å²) in [6, 6.07) is -0.0104. The monoisotopic (exact) mass is 221 g/mol. The van der Waals surface area contributed by atoms with Gasteiger partial charge >= 0.3 is 0 Å². The third kappa shape index (κ3) is 4.90. The molecule has 4 atom stereocenters. The number of methoxy groups -OCH3 is 1. The molecule has 5 heteroatoms. The lowest BCUT2D eigenvalue weighted by molar-refractivity contribution is -0.230. The molecule has 5 nitrogen and oxygen atoms in total. The molecule has 0 aliphatic carbocycles. The summed E-state index contributed by atoms with van der Waals surface area (Å²) >= 11 is 0. The molecule has 1 rings (SSSR count). The van der Waals surface area contributed by atoms with Gasteiger partial charge in [-0.3, -0.25) is 0 Å². The molecule has 0 aromatic rings. The highest BCUT2D eigenvalue weighted by atomic mass is 16.6. The smallest absolute Gasteiger partial charge is 0.182 e. The Balaban J connectivity index is 0.000000583. The van der Waals surface area contributed by atoms with Gasteiger partial charge < -0.3 is 24.6 Å². The summed E-state index contributed by atoms with van der Waals surface area (Å²) in [6.45, 7) is 1.89. The molecule has 92 valence electrons. The molecule has 0 bridgehead atoms. The number of aliphatic hydroxyl groups is 2. The lowest BCUT2D eigenvalue weighted by Gasteiger charge is -2.38. The number of hydrogen-bond acceptors (Lipinski definition) is 5. The minimum absolute atomic E-state index is 0.01000. The molecule has 0 aromatic carbocycles. The quantitative estimate of drug-likeness (QED) is 0.635. The summed E-state index contributed by atoms with van der Waals surface area (Å²) in [7, 11) is 7.03. The predicted octanol–water partition coefficient (Wildman–Crippen LogP) is -0.333. The molecule has 0 amide bonds. The van der Waals surface area contributed by atoms with Crippen LogP contribution >= 0.6 is 0 Å². The van der Waals surface area contributed by atoms with Gasteiger partial charge in [-0.05, 0) is 27.4 Å². The van der Waals surface area contributed by atoms with E-state index < -0.39 is 12.4 Å². The number of hydrogen-bond donors (Lipinski definition) is 2. The minimum atomic E-state index is -1.04. The van der Waals surface area contributed by atoms with Gasteiger partial charge in [-0.1, -0.05) is 0 Å². The van der Waals surface area contributed by atoms with Crippen molar-refractivity contribution in [2.24, 2.45) is 0 Å². The fraction of sp³-hybridized carbons (Fsp3) is 1.00. The summed E-state index contributed by atoms with van der Waals surface area (Å²) < 4.78 is 9.31. The Morgan fingerprint density at radius 3 is 2.13 bits per heavy atom. The number of nitrogens with zero attached hydrogens (tertiary/aromatic N) is 1. The molecule has 1 aliphatic heterocycles. The number of likely N-dealkylation sites (N-methyl/N-ethyl adjacent to an activating group) is 1. The topological polar surface area (TPSA) is 62.2 Å². The van der Waals surface area contributed by atoms with Crippen LogP contribution < -0.4 is 0 Å². The first-order valence-corrected chi connectivity index (χ1v) is 5.02. The summed E-state index contributed by atoms with van der Waals surface area (Å²) in [5.74, 6) is 0. The van der Waals surface area contributed by atoms with Gasteiger partial charge in [0.2, 0.25) is 0 Å². The normalized spacial score (nSPS) is 36.0. The van der Waals surface area contributed by atoms with E-state index in [1.54, 1.807) is 14.2 Å². The Bertz CT molecular complexity index is 166. The van der Waals surface area contributed by atoms with Gasteiger partial charge in [-0.2, -0.15) is 0 Å². The summed E-state index contributed by atoms with van der Waals surface area (Å²) in [6.07, 6.45) is -1.07. The molecule has 0 aromatic heterocycles. The highest BCUT2D eigenvalue weighted by Gasteiger charge is 2.35. The molecule has 1 heterocycles. The zero-order chi connectivity index (χ0) is 12.0. The van der Waals surface area contributed by atoms with Crippen molar-refractivity contribution < 1.29 is 19.7 Å². The molecule has 1 aliphatic rings. The van der Waals surface area contributed by atoms with E-state index in [2.05, 4.69) is 4.74 Å². The maximum absolute atomic E-state index is 9.51. The van der Waals surface area contributed by atoms with Crippen LogP contribution in [0.15, 0.2) is 0 Å². The van der Waals surface area contributed by atoms with Crippen molar-refractivity contribution in [3.05, 3.63) is 0 Å². The molecule has 2 N–H and O–H groups in total. The van der Waals surface area contributed by atoms with Crippen molar-refractivity contribution in [3.63, 3.8) is 0 Å². The number of ether oxygens (including phenoxy) is 2.